The molecule has 23 heavy (non-hydrogen) atoms. The van der Waals surface area contributed by atoms with Gasteiger partial charge in [0.05, 0.1) is 12.8 Å². The Morgan fingerprint density at radius 2 is 2.17 bits per heavy atom. The smallest absolute Gasteiger partial charge is 0.165 e. The van der Waals surface area contributed by atoms with Crippen molar-refractivity contribution < 1.29 is 14.6 Å². The first-order chi connectivity index (χ1) is 11.1. The van der Waals surface area contributed by atoms with E-state index in [1.165, 1.54) is 18.7 Å². The van der Waals surface area contributed by atoms with E-state index in [0.29, 0.717) is 35.3 Å². The van der Waals surface area contributed by atoms with Crippen LogP contribution in [0.2, 0.25) is 0 Å². The zero-order valence-electron chi connectivity index (χ0n) is 13.7. The van der Waals surface area contributed by atoms with E-state index in [9.17, 15) is 9.90 Å². The minimum absolute atomic E-state index is 0.0175. The maximum atomic E-state index is 12.6. The lowest BCUT2D eigenvalue weighted by atomic mass is 9.76. The number of fused-ring (bicyclic) bond motifs is 3. The standard InChI is InChI=1S/C19H23NO3/c1-3-12-6-13-4-5-17(21)15-9-19(23-2)18(22)10-16(15)20-11-14(7-12)8-13/h3,9-11,13-14,22H,4-8H2,1-2H3/b12-3-,20-11?/t13?,14-/m0/s1. The summed E-state index contributed by atoms with van der Waals surface area (Å²) < 4.78 is 5.13. The number of benzene rings is 1. The minimum atomic E-state index is 0.0175. The van der Waals surface area contributed by atoms with Crippen LogP contribution in [-0.2, 0) is 0 Å². The second kappa shape index (κ2) is 6.57. The molecular formula is C19H23NO3. The molecule has 2 bridgehead atoms. The van der Waals surface area contributed by atoms with Crippen LogP contribution in [0, 0.1) is 11.8 Å². The first-order valence-electron chi connectivity index (χ1n) is 8.23. The van der Waals surface area contributed by atoms with E-state index in [2.05, 4.69) is 18.0 Å². The zero-order valence-corrected chi connectivity index (χ0v) is 13.7. The van der Waals surface area contributed by atoms with Gasteiger partial charge in [0.15, 0.2) is 17.3 Å². The summed E-state index contributed by atoms with van der Waals surface area (Å²) in [6.07, 6.45) is 8.81. The molecule has 122 valence electrons. The minimum Gasteiger partial charge on any atom is -0.504 e. The summed E-state index contributed by atoms with van der Waals surface area (Å²) in [6.45, 7) is 2.09. The van der Waals surface area contributed by atoms with E-state index in [-0.39, 0.29) is 11.5 Å². The van der Waals surface area contributed by atoms with Crippen LogP contribution in [0.1, 0.15) is 49.4 Å². The van der Waals surface area contributed by atoms with Crippen molar-refractivity contribution in [2.75, 3.05) is 7.11 Å². The predicted molar refractivity (Wildman–Crippen MR) is 91.0 cm³/mol. The second-order valence-electron chi connectivity index (χ2n) is 6.50. The molecule has 1 aliphatic heterocycles. The number of nitrogens with zero attached hydrogens (tertiary/aromatic N) is 1. The van der Waals surface area contributed by atoms with Crippen molar-refractivity contribution in [3.8, 4) is 11.5 Å². The van der Waals surface area contributed by atoms with Crippen LogP contribution in [0.3, 0.4) is 0 Å². The third kappa shape index (κ3) is 3.31. The van der Waals surface area contributed by atoms with Crippen molar-refractivity contribution in [3.05, 3.63) is 29.3 Å². The summed E-state index contributed by atoms with van der Waals surface area (Å²) in [6, 6.07) is 3.14. The quantitative estimate of drug-likeness (QED) is 0.780. The van der Waals surface area contributed by atoms with Gasteiger partial charge in [-0.1, -0.05) is 11.6 Å². The number of carbonyl (C=O) groups excluding carboxylic acids is 1. The van der Waals surface area contributed by atoms with Gasteiger partial charge in [-0.15, -0.1) is 0 Å². The Hall–Kier alpha value is -2.10. The Labute approximate surface area is 136 Å². The number of allylic oxidation sites excluding steroid dienone is 2. The Bertz CT molecular complexity index is 675. The number of phenols is 1. The Morgan fingerprint density at radius 1 is 1.35 bits per heavy atom. The summed E-state index contributed by atoms with van der Waals surface area (Å²) >= 11 is 0. The van der Waals surface area contributed by atoms with E-state index < -0.39 is 0 Å². The molecule has 0 spiro atoms. The highest BCUT2D eigenvalue weighted by molar-refractivity contribution is 6.02. The second-order valence-corrected chi connectivity index (χ2v) is 6.50. The van der Waals surface area contributed by atoms with Crippen LogP contribution in [-0.4, -0.2) is 24.2 Å². The van der Waals surface area contributed by atoms with Crippen LogP contribution in [0.15, 0.2) is 28.8 Å². The van der Waals surface area contributed by atoms with Gasteiger partial charge in [0, 0.05) is 24.3 Å². The highest BCUT2D eigenvalue weighted by atomic mass is 16.5. The third-order valence-electron chi connectivity index (χ3n) is 4.92. The number of ether oxygens (including phenoxy) is 1. The summed E-state index contributed by atoms with van der Waals surface area (Å²) in [4.78, 5) is 17.1. The molecule has 1 aliphatic carbocycles. The van der Waals surface area contributed by atoms with Gasteiger partial charge in [-0.2, -0.15) is 0 Å². The lowest BCUT2D eigenvalue weighted by molar-refractivity contribution is 0.0971. The fourth-order valence-corrected chi connectivity index (χ4v) is 3.66. The molecule has 0 radical (unpaired) electrons. The third-order valence-corrected chi connectivity index (χ3v) is 4.92. The van der Waals surface area contributed by atoms with Gasteiger partial charge < -0.3 is 9.84 Å². The molecular weight excluding hydrogens is 290 g/mol. The van der Waals surface area contributed by atoms with Crippen LogP contribution >= 0.6 is 0 Å². The van der Waals surface area contributed by atoms with Crippen LogP contribution in [0.5, 0.6) is 11.5 Å². The van der Waals surface area contributed by atoms with E-state index in [1.807, 2.05) is 6.21 Å². The number of ketones is 1. The number of aromatic hydroxyl groups is 1. The number of hydrogen-bond acceptors (Lipinski definition) is 4. The number of carbonyl (C=O) groups is 1. The van der Waals surface area contributed by atoms with Crippen LogP contribution < -0.4 is 4.74 Å². The van der Waals surface area contributed by atoms with Gasteiger partial charge in [0.1, 0.15) is 0 Å². The number of hydrogen-bond donors (Lipinski definition) is 1. The van der Waals surface area contributed by atoms with E-state index in [4.69, 9.17) is 4.74 Å². The summed E-state index contributed by atoms with van der Waals surface area (Å²) in [5, 5.41) is 9.98. The maximum Gasteiger partial charge on any atom is 0.165 e. The molecule has 0 saturated heterocycles. The molecule has 4 heteroatoms. The van der Waals surface area contributed by atoms with Gasteiger partial charge in [-0.05, 0) is 50.5 Å². The largest absolute Gasteiger partial charge is 0.504 e. The molecule has 0 amide bonds. The van der Waals surface area contributed by atoms with Gasteiger partial charge in [-0.25, -0.2) is 0 Å². The lowest BCUT2D eigenvalue weighted by Crippen LogP contribution is -2.20. The summed E-state index contributed by atoms with van der Waals surface area (Å²) in [7, 11) is 1.48. The molecule has 4 nitrogen and oxygen atoms in total. The monoisotopic (exact) mass is 313 g/mol. The van der Waals surface area contributed by atoms with E-state index in [1.54, 1.807) is 6.07 Å². The number of rotatable bonds is 1. The Kier molecular flexibility index (Phi) is 4.51. The van der Waals surface area contributed by atoms with Crippen molar-refractivity contribution in [2.45, 2.75) is 39.0 Å². The number of methoxy groups -OCH3 is 1. The van der Waals surface area contributed by atoms with Crippen molar-refractivity contribution in [3.63, 3.8) is 0 Å². The van der Waals surface area contributed by atoms with Gasteiger partial charge >= 0.3 is 0 Å². The molecule has 1 N–H and O–H groups in total. The van der Waals surface area contributed by atoms with Crippen molar-refractivity contribution in [1.82, 2.24) is 0 Å². The topological polar surface area (TPSA) is 58.9 Å². The van der Waals surface area contributed by atoms with Crippen LogP contribution in [0.25, 0.3) is 0 Å². The number of aliphatic imine (C=N–C) groups is 1. The van der Waals surface area contributed by atoms with Crippen molar-refractivity contribution in [2.24, 2.45) is 16.8 Å². The maximum absolute atomic E-state index is 12.6. The first-order valence-corrected chi connectivity index (χ1v) is 8.23. The van der Waals surface area contributed by atoms with Gasteiger partial charge in [0.2, 0.25) is 0 Å². The van der Waals surface area contributed by atoms with E-state index >= 15 is 0 Å². The van der Waals surface area contributed by atoms with Crippen molar-refractivity contribution >= 4 is 17.7 Å². The normalized spacial score (nSPS) is 26.0. The molecule has 3 rings (SSSR count). The predicted octanol–water partition coefficient (Wildman–Crippen LogP) is 4.44. The molecule has 1 aromatic carbocycles. The molecule has 2 aliphatic rings. The Balaban J connectivity index is 2.01. The average molecular weight is 313 g/mol. The summed E-state index contributed by atoms with van der Waals surface area (Å²) in [5.41, 5.74) is 2.55. The van der Waals surface area contributed by atoms with E-state index in [0.717, 1.165) is 25.7 Å². The molecule has 1 unspecified atom stereocenters. The number of Topliss-reactive ketones (excluding diaryl/α,β-unsaturated/α-hetero) is 1. The average Bonchev–Trinajstić information content (AvgIpc) is 2.57. The zero-order chi connectivity index (χ0) is 16.4. The SMILES string of the molecule is C/C=C1/CC2CCC(=O)c3cc(OC)c(O)cc3N=C[C@@H](C1)C2. The molecule has 1 fully saturated rings. The van der Waals surface area contributed by atoms with Crippen molar-refractivity contribution in [1.29, 1.82) is 0 Å². The highest BCUT2D eigenvalue weighted by Crippen LogP contribution is 2.39. The first kappa shape index (κ1) is 15.8. The molecule has 1 saturated carbocycles. The molecule has 1 aromatic rings. The van der Waals surface area contributed by atoms with Gasteiger partial charge in [0.25, 0.3) is 0 Å². The highest BCUT2D eigenvalue weighted by Gasteiger charge is 2.26. The number of phenolic OH excluding ortho intramolecular Hbond substituents is 1. The van der Waals surface area contributed by atoms with Crippen LogP contribution in [0.4, 0.5) is 5.69 Å². The fourth-order valence-electron chi connectivity index (χ4n) is 3.66. The molecule has 2 atom stereocenters. The molecule has 1 heterocycles. The summed E-state index contributed by atoms with van der Waals surface area (Å²) in [5.74, 6) is 1.37. The fraction of sp³-hybridized carbons (Fsp3) is 0.474. The Morgan fingerprint density at radius 3 is 2.91 bits per heavy atom. The lowest BCUT2D eigenvalue weighted by Gasteiger charge is -2.29. The van der Waals surface area contributed by atoms with Gasteiger partial charge in [-0.3, -0.25) is 9.79 Å². The molecule has 0 aromatic heterocycles.